The number of hydrogen-bond acceptors (Lipinski definition) is 5. The van der Waals surface area contributed by atoms with Crippen LogP contribution in [0.4, 0.5) is 5.69 Å². The lowest BCUT2D eigenvalue weighted by molar-refractivity contribution is 0.110. The van der Waals surface area contributed by atoms with Gasteiger partial charge in [0.15, 0.2) is 0 Å². The van der Waals surface area contributed by atoms with Crippen molar-refractivity contribution in [1.82, 2.24) is 4.68 Å². The van der Waals surface area contributed by atoms with Gasteiger partial charge in [0.1, 0.15) is 11.4 Å². The van der Waals surface area contributed by atoms with Gasteiger partial charge in [-0.15, -0.1) is 11.3 Å². The number of aryl methyl sites for hydroxylation is 1. The van der Waals surface area contributed by atoms with Crippen LogP contribution in [-0.4, -0.2) is 38.1 Å². The van der Waals surface area contributed by atoms with E-state index in [1.54, 1.807) is 18.4 Å². The Balaban J connectivity index is 2.04. The third-order valence-electron chi connectivity index (χ3n) is 3.42. The molecule has 1 fully saturated rings. The molecule has 0 radical (unpaired) electrons. The van der Waals surface area contributed by atoms with E-state index in [4.69, 9.17) is 14.5 Å². The number of rotatable bonds is 3. The molecule has 1 aromatic heterocycles. The molecule has 0 saturated carbocycles. The second kappa shape index (κ2) is 6.32. The highest BCUT2D eigenvalue weighted by Crippen LogP contribution is 2.25. The minimum Gasteiger partial charge on any atom is -0.494 e. The molecular formula is C15H19N3O2S. The van der Waals surface area contributed by atoms with Gasteiger partial charge in [-0.25, -0.2) is 9.67 Å². The molecule has 0 aliphatic carbocycles. The maximum Gasteiger partial charge on any atom is 0.209 e. The first-order chi connectivity index (χ1) is 10.3. The molecule has 0 atom stereocenters. The van der Waals surface area contributed by atoms with E-state index in [-0.39, 0.29) is 0 Å². The first-order valence-corrected chi connectivity index (χ1v) is 7.85. The van der Waals surface area contributed by atoms with Gasteiger partial charge in [-0.3, -0.25) is 0 Å². The smallest absolute Gasteiger partial charge is 0.209 e. The predicted octanol–water partition coefficient (Wildman–Crippen LogP) is 2.07. The maximum absolute atomic E-state index is 5.43. The van der Waals surface area contributed by atoms with E-state index in [1.807, 2.05) is 24.3 Å². The number of thiazole rings is 1. The van der Waals surface area contributed by atoms with Gasteiger partial charge in [0.25, 0.3) is 0 Å². The summed E-state index contributed by atoms with van der Waals surface area (Å²) in [5.74, 6) is 0.789. The van der Waals surface area contributed by atoms with Crippen molar-refractivity contribution >= 4 is 17.0 Å². The van der Waals surface area contributed by atoms with Gasteiger partial charge in [0, 0.05) is 11.1 Å². The SMILES string of the molecule is COc1ccccc1N=c1scc(C)n1N1CCOCC1. The number of nitrogens with zero attached hydrogens (tertiary/aromatic N) is 3. The van der Waals surface area contributed by atoms with Crippen molar-refractivity contribution in [3.05, 3.63) is 40.1 Å². The Morgan fingerprint density at radius 1 is 1.24 bits per heavy atom. The lowest BCUT2D eigenvalue weighted by Gasteiger charge is -2.30. The first-order valence-electron chi connectivity index (χ1n) is 6.97. The number of morpholine rings is 1. The van der Waals surface area contributed by atoms with Crippen LogP contribution >= 0.6 is 11.3 Å². The molecule has 1 aliphatic heterocycles. The van der Waals surface area contributed by atoms with Crippen LogP contribution in [0.2, 0.25) is 0 Å². The van der Waals surface area contributed by atoms with Gasteiger partial charge in [-0.1, -0.05) is 12.1 Å². The van der Waals surface area contributed by atoms with Gasteiger partial charge in [-0.2, -0.15) is 0 Å². The van der Waals surface area contributed by atoms with Crippen LogP contribution < -0.4 is 14.5 Å². The summed E-state index contributed by atoms with van der Waals surface area (Å²) < 4.78 is 13.0. The predicted molar refractivity (Wildman–Crippen MR) is 84.0 cm³/mol. The largest absolute Gasteiger partial charge is 0.494 e. The van der Waals surface area contributed by atoms with Gasteiger partial charge >= 0.3 is 0 Å². The summed E-state index contributed by atoms with van der Waals surface area (Å²) in [5.41, 5.74) is 2.04. The maximum atomic E-state index is 5.43. The van der Waals surface area contributed by atoms with Gasteiger partial charge < -0.3 is 14.5 Å². The molecule has 112 valence electrons. The Labute approximate surface area is 128 Å². The topological polar surface area (TPSA) is 39.0 Å². The minimum atomic E-state index is 0.760. The van der Waals surface area contributed by atoms with E-state index in [9.17, 15) is 0 Å². The van der Waals surface area contributed by atoms with Crippen LogP contribution in [0.15, 0.2) is 34.6 Å². The number of para-hydroxylation sites is 2. The van der Waals surface area contributed by atoms with Crippen LogP contribution in [-0.2, 0) is 4.74 Å². The summed E-state index contributed by atoms with van der Waals surface area (Å²) in [5, 5.41) is 4.41. The molecule has 2 heterocycles. The van der Waals surface area contributed by atoms with E-state index >= 15 is 0 Å². The van der Waals surface area contributed by atoms with Crippen molar-refractivity contribution in [2.45, 2.75) is 6.92 Å². The number of benzene rings is 1. The molecule has 0 amide bonds. The fourth-order valence-electron chi connectivity index (χ4n) is 2.39. The van der Waals surface area contributed by atoms with Crippen molar-refractivity contribution in [3.63, 3.8) is 0 Å². The summed E-state index contributed by atoms with van der Waals surface area (Å²) in [4.78, 5) is 5.74. The van der Waals surface area contributed by atoms with E-state index in [0.717, 1.165) is 42.5 Å². The van der Waals surface area contributed by atoms with Crippen LogP contribution in [0.1, 0.15) is 5.69 Å². The molecule has 1 aliphatic rings. The summed E-state index contributed by atoms with van der Waals surface area (Å²) in [6, 6.07) is 7.82. The van der Waals surface area contributed by atoms with Crippen molar-refractivity contribution in [2.75, 3.05) is 38.4 Å². The monoisotopic (exact) mass is 305 g/mol. The molecule has 5 nitrogen and oxygen atoms in total. The van der Waals surface area contributed by atoms with Crippen molar-refractivity contribution in [1.29, 1.82) is 0 Å². The van der Waals surface area contributed by atoms with Crippen molar-refractivity contribution < 1.29 is 9.47 Å². The van der Waals surface area contributed by atoms with E-state index in [1.165, 1.54) is 5.69 Å². The Hall–Kier alpha value is -1.79. The first kappa shape index (κ1) is 14.2. The fraction of sp³-hybridized carbons (Fsp3) is 0.400. The molecule has 1 saturated heterocycles. The summed E-state index contributed by atoms with van der Waals surface area (Å²) >= 11 is 1.64. The normalized spacial score (nSPS) is 16.3. The van der Waals surface area contributed by atoms with Crippen molar-refractivity contribution in [2.24, 2.45) is 4.99 Å². The Bertz CT molecular complexity index is 672. The van der Waals surface area contributed by atoms with Crippen LogP contribution in [0.5, 0.6) is 5.75 Å². The van der Waals surface area contributed by atoms with Gasteiger partial charge in [0.2, 0.25) is 4.80 Å². The average molecular weight is 305 g/mol. The molecule has 21 heavy (non-hydrogen) atoms. The second-order valence-corrected chi connectivity index (χ2v) is 5.66. The quantitative estimate of drug-likeness (QED) is 0.871. The lowest BCUT2D eigenvalue weighted by Crippen LogP contribution is -2.48. The van der Waals surface area contributed by atoms with E-state index < -0.39 is 0 Å². The second-order valence-electron chi connectivity index (χ2n) is 4.82. The molecule has 2 aromatic rings. The number of aromatic nitrogens is 1. The van der Waals surface area contributed by atoms with Crippen LogP contribution in [0.25, 0.3) is 0 Å². The van der Waals surface area contributed by atoms with E-state index in [2.05, 4.69) is 22.0 Å². The molecule has 1 aromatic carbocycles. The number of hydrogen-bond donors (Lipinski definition) is 0. The van der Waals surface area contributed by atoms with E-state index in [0.29, 0.717) is 0 Å². The highest BCUT2D eigenvalue weighted by molar-refractivity contribution is 7.07. The Kier molecular flexibility index (Phi) is 4.26. The van der Waals surface area contributed by atoms with Gasteiger partial charge in [-0.05, 0) is 19.1 Å². The van der Waals surface area contributed by atoms with Crippen LogP contribution in [0.3, 0.4) is 0 Å². The number of ether oxygens (including phenoxy) is 2. The molecule has 0 spiro atoms. The number of methoxy groups -OCH3 is 1. The molecule has 3 rings (SSSR count). The zero-order valence-electron chi connectivity index (χ0n) is 12.3. The standard InChI is InChI=1S/C15H19N3O2S/c1-12-11-21-15(18(12)17-7-9-20-10-8-17)16-13-5-3-4-6-14(13)19-2/h3-6,11H,7-10H2,1-2H3. The highest BCUT2D eigenvalue weighted by atomic mass is 32.1. The molecule has 0 bridgehead atoms. The molecule has 0 unspecified atom stereocenters. The summed E-state index contributed by atoms with van der Waals surface area (Å²) in [6.45, 7) is 5.40. The fourth-order valence-corrected chi connectivity index (χ4v) is 3.27. The summed E-state index contributed by atoms with van der Waals surface area (Å²) in [6.07, 6.45) is 0. The lowest BCUT2D eigenvalue weighted by atomic mass is 10.3. The minimum absolute atomic E-state index is 0.760. The van der Waals surface area contributed by atoms with Crippen LogP contribution in [0, 0.1) is 6.92 Å². The molecule has 6 heteroatoms. The Morgan fingerprint density at radius 2 is 2.00 bits per heavy atom. The summed E-state index contributed by atoms with van der Waals surface area (Å²) in [7, 11) is 1.67. The average Bonchev–Trinajstić information content (AvgIpc) is 2.89. The third-order valence-corrected chi connectivity index (χ3v) is 4.36. The zero-order valence-corrected chi connectivity index (χ0v) is 13.1. The van der Waals surface area contributed by atoms with Crippen molar-refractivity contribution in [3.8, 4) is 5.75 Å². The molecular weight excluding hydrogens is 286 g/mol. The Morgan fingerprint density at radius 3 is 2.76 bits per heavy atom. The van der Waals surface area contributed by atoms with Gasteiger partial charge in [0.05, 0.1) is 33.4 Å². The highest BCUT2D eigenvalue weighted by Gasteiger charge is 2.14. The third kappa shape index (κ3) is 2.96. The molecule has 0 N–H and O–H groups in total. The zero-order chi connectivity index (χ0) is 14.7.